The Hall–Kier alpha value is -1.07. The Morgan fingerprint density at radius 1 is 1.33 bits per heavy atom. The Kier molecular flexibility index (Phi) is 6.68. The second-order valence-corrected chi connectivity index (χ2v) is 7.97. The third-order valence-electron chi connectivity index (χ3n) is 2.88. The third-order valence-corrected chi connectivity index (χ3v) is 4.15. The molecule has 2 unspecified atom stereocenters. The van der Waals surface area contributed by atoms with E-state index in [0.717, 1.165) is 0 Å². The van der Waals surface area contributed by atoms with Crippen molar-refractivity contribution in [2.75, 3.05) is 5.75 Å². The second-order valence-electron chi connectivity index (χ2n) is 6.17. The van der Waals surface area contributed by atoms with Crippen LogP contribution < -0.4 is 5.32 Å². The molecule has 2 atom stereocenters. The smallest absolute Gasteiger partial charge is 0.230 e. The zero-order chi connectivity index (χ0) is 16.0. The van der Waals surface area contributed by atoms with Crippen LogP contribution in [0.5, 0.6) is 0 Å². The van der Waals surface area contributed by atoms with E-state index in [4.69, 9.17) is 0 Å². The summed E-state index contributed by atoms with van der Waals surface area (Å²) in [5.74, 6) is 0.0424. The van der Waals surface area contributed by atoms with Gasteiger partial charge in [0.05, 0.1) is 11.9 Å². The van der Waals surface area contributed by atoms with Gasteiger partial charge in [0.1, 0.15) is 5.82 Å². The first kappa shape index (κ1) is 18.0. The van der Waals surface area contributed by atoms with Crippen LogP contribution in [0.4, 0.5) is 4.39 Å². The van der Waals surface area contributed by atoms with Crippen molar-refractivity contribution in [1.29, 1.82) is 0 Å². The van der Waals surface area contributed by atoms with Gasteiger partial charge in [0.15, 0.2) is 0 Å². The number of thioether (sulfide) groups is 1. The molecule has 0 fully saturated rings. The van der Waals surface area contributed by atoms with E-state index in [0.29, 0.717) is 17.7 Å². The van der Waals surface area contributed by atoms with E-state index in [1.807, 2.05) is 6.92 Å². The van der Waals surface area contributed by atoms with E-state index >= 15 is 0 Å². The first-order valence-electron chi connectivity index (χ1n) is 7.04. The molecule has 5 heteroatoms. The molecule has 0 saturated carbocycles. The molecule has 2 N–H and O–H groups in total. The minimum absolute atomic E-state index is 0.0336. The molecular weight excluding hydrogens is 289 g/mol. The van der Waals surface area contributed by atoms with Crippen molar-refractivity contribution in [2.24, 2.45) is 0 Å². The van der Waals surface area contributed by atoms with E-state index in [2.05, 4.69) is 26.1 Å². The lowest BCUT2D eigenvalue weighted by molar-refractivity contribution is -0.119. The summed E-state index contributed by atoms with van der Waals surface area (Å²) >= 11 is 1.58. The Balaban J connectivity index is 2.40. The van der Waals surface area contributed by atoms with Crippen LogP contribution in [-0.2, 0) is 4.79 Å². The van der Waals surface area contributed by atoms with E-state index in [-0.39, 0.29) is 22.5 Å². The van der Waals surface area contributed by atoms with Gasteiger partial charge in [-0.1, -0.05) is 32.9 Å². The Morgan fingerprint density at radius 2 is 1.90 bits per heavy atom. The van der Waals surface area contributed by atoms with E-state index in [9.17, 15) is 14.3 Å². The van der Waals surface area contributed by atoms with Crippen molar-refractivity contribution in [3.05, 3.63) is 35.6 Å². The summed E-state index contributed by atoms with van der Waals surface area (Å²) in [6.07, 6.45) is -0.312. The lowest BCUT2D eigenvalue weighted by atomic mass is 10.0. The van der Waals surface area contributed by atoms with Crippen LogP contribution in [0.2, 0.25) is 0 Å². The molecule has 21 heavy (non-hydrogen) atoms. The second kappa shape index (κ2) is 7.80. The van der Waals surface area contributed by atoms with Gasteiger partial charge >= 0.3 is 0 Å². The van der Waals surface area contributed by atoms with Crippen molar-refractivity contribution in [3.8, 4) is 0 Å². The van der Waals surface area contributed by atoms with Gasteiger partial charge in [0.2, 0.25) is 5.91 Å². The number of rotatable bonds is 6. The maximum absolute atomic E-state index is 12.8. The largest absolute Gasteiger partial charge is 0.388 e. The fourth-order valence-corrected chi connectivity index (χ4v) is 2.46. The van der Waals surface area contributed by atoms with Gasteiger partial charge in [-0.15, -0.1) is 11.8 Å². The maximum atomic E-state index is 12.8. The van der Waals surface area contributed by atoms with Gasteiger partial charge < -0.3 is 10.4 Å². The molecule has 0 bridgehead atoms. The van der Waals surface area contributed by atoms with Gasteiger partial charge in [0.25, 0.3) is 0 Å². The number of nitrogens with one attached hydrogen (secondary N) is 1. The molecule has 1 aromatic carbocycles. The predicted molar refractivity (Wildman–Crippen MR) is 85.8 cm³/mol. The standard InChI is InChI=1S/C16H24FNO2S/c1-11(18-15(20)10-21-16(2,3)4)9-14(19)12-5-7-13(17)8-6-12/h5-8,11,14,19H,9-10H2,1-4H3,(H,18,20). The first-order chi connectivity index (χ1) is 9.67. The minimum atomic E-state index is -0.712. The summed E-state index contributed by atoms with van der Waals surface area (Å²) in [7, 11) is 0. The molecular formula is C16H24FNO2S. The zero-order valence-corrected chi connectivity index (χ0v) is 13.8. The summed E-state index contributed by atoms with van der Waals surface area (Å²) < 4.78 is 12.9. The molecule has 0 spiro atoms. The lowest BCUT2D eigenvalue weighted by Crippen LogP contribution is -2.35. The maximum Gasteiger partial charge on any atom is 0.230 e. The topological polar surface area (TPSA) is 49.3 Å². The number of hydrogen-bond acceptors (Lipinski definition) is 3. The summed E-state index contributed by atoms with van der Waals surface area (Å²) in [5, 5.41) is 12.9. The number of halogens is 1. The first-order valence-corrected chi connectivity index (χ1v) is 8.03. The van der Waals surface area contributed by atoms with Gasteiger partial charge in [-0.05, 0) is 31.0 Å². The molecule has 0 aromatic heterocycles. The number of amides is 1. The van der Waals surface area contributed by atoms with Crippen LogP contribution in [0.15, 0.2) is 24.3 Å². The number of hydrogen-bond donors (Lipinski definition) is 2. The van der Waals surface area contributed by atoms with Crippen molar-refractivity contribution in [1.82, 2.24) is 5.32 Å². The molecule has 0 saturated heterocycles. The van der Waals surface area contributed by atoms with E-state index < -0.39 is 6.10 Å². The molecule has 0 aliphatic carbocycles. The summed E-state index contributed by atoms with van der Waals surface area (Å²) in [5.41, 5.74) is 0.654. The third kappa shape index (κ3) is 7.48. The molecule has 1 amide bonds. The highest BCUT2D eigenvalue weighted by Crippen LogP contribution is 2.23. The van der Waals surface area contributed by atoms with Gasteiger partial charge in [-0.2, -0.15) is 0 Å². The fraction of sp³-hybridized carbons (Fsp3) is 0.562. The average Bonchev–Trinajstić information content (AvgIpc) is 2.36. The molecule has 118 valence electrons. The van der Waals surface area contributed by atoms with Crippen LogP contribution in [0, 0.1) is 5.82 Å². The molecule has 3 nitrogen and oxygen atoms in total. The van der Waals surface area contributed by atoms with Crippen LogP contribution in [0.25, 0.3) is 0 Å². The number of aliphatic hydroxyl groups excluding tert-OH is 1. The minimum Gasteiger partial charge on any atom is -0.388 e. The van der Waals surface area contributed by atoms with Crippen molar-refractivity contribution < 1.29 is 14.3 Å². The summed E-state index contributed by atoms with van der Waals surface area (Å²) in [6.45, 7) is 8.04. The monoisotopic (exact) mass is 313 g/mol. The number of carbonyl (C=O) groups is 1. The van der Waals surface area contributed by atoms with Gasteiger partial charge in [-0.3, -0.25) is 4.79 Å². The average molecular weight is 313 g/mol. The van der Waals surface area contributed by atoms with Crippen molar-refractivity contribution >= 4 is 17.7 Å². The van der Waals surface area contributed by atoms with E-state index in [1.165, 1.54) is 12.1 Å². The molecule has 0 radical (unpaired) electrons. The Morgan fingerprint density at radius 3 is 2.43 bits per heavy atom. The van der Waals surface area contributed by atoms with Crippen LogP contribution in [0.3, 0.4) is 0 Å². The van der Waals surface area contributed by atoms with Crippen molar-refractivity contribution in [2.45, 2.75) is 51.0 Å². The molecule has 0 heterocycles. The molecule has 1 aromatic rings. The zero-order valence-electron chi connectivity index (χ0n) is 13.0. The number of aliphatic hydroxyl groups is 1. The van der Waals surface area contributed by atoms with Crippen LogP contribution in [0.1, 0.15) is 45.8 Å². The highest BCUT2D eigenvalue weighted by atomic mass is 32.2. The SMILES string of the molecule is CC(CC(O)c1ccc(F)cc1)NC(=O)CSC(C)(C)C. The number of carbonyl (C=O) groups excluding carboxylic acids is 1. The van der Waals surface area contributed by atoms with Crippen LogP contribution in [-0.4, -0.2) is 27.6 Å². The van der Waals surface area contributed by atoms with Gasteiger partial charge in [-0.25, -0.2) is 4.39 Å². The van der Waals surface area contributed by atoms with Crippen molar-refractivity contribution in [3.63, 3.8) is 0 Å². The van der Waals surface area contributed by atoms with Crippen LogP contribution >= 0.6 is 11.8 Å². The molecule has 1 rings (SSSR count). The quantitative estimate of drug-likeness (QED) is 0.847. The molecule has 0 aliphatic rings. The summed E-state index contributed by atoms with van der Waals surface area (Å²) in [6, 6.07) is 5.62. The highest BCUT2D eigenvalue weighted by Gasteiger charge is 2.17. The predicted octanol–water partition coefficient (Wildman–Crippen LogP) is 3.29. The number of benzene rings is 1. The Labute approximate surface area is 130 Å². The normalized spacial score (nSPS) is 14.6. The molecule has 0 aliphatic heterocycles. The summed E-state index contributed by atoms with van der Waals surface area (Å²) in [4.78, 5) is 11.8. The highest BCUT2D eigenvalue weighted by molar-refractivity contribution is 8.01. The Bertz CT molecular complexity index is 456. The lowest BCUT2D eigenvalue weighted by Gasteiger charge is -2.20. The van der Waals surface area contributed by atoms with E-state index in [1.54, 1.807) is 23.9 Å². The fourth-order valence-electron chi connectivity index (χ4n) is 1.81. The van der Waals surface area contributed by atoms with Gasteiger partial charge in [0, 0.05) is 10.8 Å².